The average molecular weight is 325 g/mol. The molecule has 8 nitrogen and oxygen atoms in total. The molecule has 0 aliphatic heterocycles. The lowest BCUT2D eigenvalue weighted by Gasteiger charge is -1.99. The topological polar surface area (TPSA) is 118 Å². The number of nitrogens with one attached hydrogen (secondary N) is 2. The number of anilines is 2. The number of benzene rings is 1. The highest BCUT2D eigenvalue weighted by Crippen LogP contribution is 2.10. The molecule has 0 unspecified atom stereocenters. The Morgan fingerprint density at radius 1 is 1.37 bits per heavy atom. The molecule has 4 N–H and O–H groups in total. The summed E-state index contributed by atoms with van der Waals surface area (Å²) in [4.78, 5) is 11.4. The summed E-state index contributed by atoms with van der Waals surface area (Å²) in [6, 6.07) is 6.81. The van der Waals surface area contributed by atoms with Gasteiger partial charge in [0.2, 0.25) is 11.6 Å². The van der Waals surface area contributed by atoms with Gasteiger partial charge >= 0.3 is 6.03 Å². The van der Waals surface area contributed by atoms with Crippen molar-refractivity contribution in [3.63, 3.8) is 0 Å². The molecule has 0 aliphatic rings. The van der Waals surface area contributed by atoms with Crippen molar-refractivity contribution >= 4 is 39.8 Å². The third kappa shape index (κ3) is 3.78. The number of carbonyl (C=O) groups excluding carboxylic acids is 1. The van der Waals surface area contributed by atoms with Crippen molar-refractivity contribution in [3.8, 4) is 0 Å². The number of hydrogen-bond acceptors (Lipinski definition) is 6. The number of aromatic nitrogens is 2. The monoisotopic (exact) mass is 324 g/mol. The highest BCUT2D eigenvalue weighted by atomic mass is 79.9. The van der Waals surface area contributed by atoms with E-state index >= 15 is 0 Å². The molecule has 0 radical (unpaired) electrons. The molecule has 0 saturated heterocycles. The first-order valence-electron chi connectivity index (χ1n) is 5.09. The number of amides is 2. The number of halogens is 1. The first-order valence-corrected chi connectivity index (χ1v) is 5.88. The van der Waals surface area contributed by atoms with Gasteiger partial charge < -0.3 is 5.73 Å². The van der Waals surface area contributed by atoms with Crippen LogP contribution < -0.4 is 16.5 Å². The normalized spacial score (nSPS) is 10.6. The van der Waals surface area contributed by atoms with Crippen LogP contribution in [0.1, 0.15) is 5.56 Å². The quantitative estimate of drug-likeness (QED) is 0.585. The lowest BCUT2D eigenvalue weighted by Crippen LogP contribution is -2.24. The summed E-state index contributed by atoms with van der Waals surface area (Å²) in [5.74, 6) is 0.0309. The maximum atomic E-state index is 11.4. The molecule has 0 aliphatic carbocycles. The van der Waals surface area contributed by atoms with E-state index in [0.29, 0.717) is 0 Å². The predicted octanol–water partition coefficient (Wildman–Crippen LogP) is 1.57. The number of rotatable bonds is 3. The zero-order valence-electron chi connectivity index (χ0n) is 9.50. The van der Waals surface area contributed by atoms with Crippen LogP contribution in [0.5, 0.6) is 0 Å². The summed E-state index contributed by atoms with van der Waals surface area (Å²) in [7, 11) is 0. The van der Waals surface area contributed by atoms with Crippen molar-refractivity contribution in [2.75, 3.05) is 11.1 Å². The summed E-state index contributed by atoms with van der Waals surface area (Å²) < 4.78 is 5.28. The van der Waals surface area contributed by atoms with E-state index in [9.17, 15) is 4.79 Å². The second-order valence-electron chi connectivity index (χ2n) is 3.37. The summed E-state index contributed by atoms with van der Waals surface area (Å²) in [5.41, 5.74) is 8.46. The van der Waals surface area contributed by atoms with Crippen molar-refractivity contribution in [2.45, 2.75) is 0 Å². The van der Waals surface area contributed by atoms with E-state index in [1.54, 1.807) is 0 Å². The lowest BCUT2D eigenvalue weighted by molar-refractivity contribution is 0.252. The van der Waals surface area contributed by atoms with Crippen molar-refractivity contribution < 1.29 is 9.42 Å². The summed E-state index contributed by atoms with van der Waals surface area (Å²) in [5, 5.41) is 12.8. The summed E-state index contributed by atoms with van der Waals surface area (Å²) in [6.07, 6.45) is 1.50. The Morgan fingerprint density at radius 3 is 2.74 bits per heavy atom. The molecule has 0 saturated carbocycles. The van der Waals surface area contributed by atoms with Crippen LogP contribution in [-0.2, 0) is 0 Å². The number of hydrazone groups is 1. The van der Waals surface area contributed by atoms with Crippen LogP contribution >= 0.6 is 15.9 Å². The van der Waals surface area contributed by atoms with Gasteiger partial charge in [-0.2, -0.15) is 5.10 Å². The Labute approximate surface area is 116 Å². The minimum Gasteiger partial charge on any atom is -0.378 e. The summed E-state index contributed by atoms with van der Waals surface area (Å²) in [6.45, 7) is 0. The zero-order chi connectivity index (χ0) is 13.7. The minimum absolute atomic E-state index is 0.00737. The number of carbonyl (C=O) groups is 1. The van der Waals surface area contributed by atoms with Crippen LogP contribution in [0.2, 0.25) is 0 Å². The van der Waals surface area contributed by atoms with Crippen molar-refractivity contribution in [2.24, 2.45) is 5.10 Å². The Hall–Kier alpha value is -2.42. The third-order valence-corrected chi connectivity index (χ3v) is 2.52. The van der Waals surface area contributed by atoms with Crippen LogP contribution in [0.15, 0.2) is 38.5 Å². The molecule has 0 fully saturated rings. The van der Waals surface area contributed by atoms with E-state index in [-0.39, 0.29) is 11.6 Å². The van der Waals surface area contributed by atoms with Crippen LogP contribution in [0.4, 0.5) is 16.4 Å². The minimum atomic E-state index is -0.601. The largest absolute Gasteiger partial charge is 0.378 e. The fraction of sp³-hybridized carbons (Fsp3) is 0. The van der Waals surface area contributed by atoms with Crippen molar-refractivity contribution in [3.05, 3.63) is 34.3 Å². The second kappa shape index (κ2) is 5.96. The van der Waals surface area contributed by atoms with Gasteiger partial charge in [0.25, 0.3) is 0 Å². The van der Waals surface area contributed by atoms with Gasteiger partial charge in [-0.25, -0.2) is 14.8 Å². The Balaban J connectivity index is 1.86. The number of urea groups is 1. The molecule has 1 heterocycles. The van der Waals surface area contributed by atoms with Crippen molar-refractivity contribution in [1.82, 2.24) is 15.7 Å². The average Bonchev–Trinajstić information content (AvgIpc) is 2.78. The number of hydrogen-bond donors (Lipinski definition) is 3. The Morgan fingerprint density at radius 2 is 2.11 bits per heavy atom. The van der Waals surface area contributed by atoms with E-state index in [1.165, 1.54) is 6.21 Å². The van der Waals surface area contributed by atoms with Gasteiger partial charge in [-0.15, -0.1) is 0 Å². The SMILES string of the molecule is Nc1nonc1NC(=O)N/N=C/c1ccc(Br)cc1. The van der Waals surface area contributed by atoms with Crippen LogP contribution in [0, 0.1) is 0 Å². The number of nitrogen functional groups attached to an aromatic ring is 1. The van der Waals surface area contributed by atoms with Crippen molar-refractivity contribution in [1.29, 1.82) is 0 Å². The van der Waals surface area contributed by atoms with Gasteiger partial charge in [-0.05, 0) is 28.0 Å². The number of nitrogens with zero attached hydrogens (tertiary/aromatic N) is 3. The fourth-order valence-corrected chi connectivity index (χ4v) is 1.40. The molecular formula is C10H9BrN6O2. The molecule has 1 aromatic carbocycles. The van der Waals surface area contributed by atoms with Gasteiger partial charge in [0.1, 0.15) is 0 Å². The molecule has 0 bridgehead atoms. The fourth-order valence-electron chi connectivity index (χ4n) is 1.13. The van der Waals surface area contributed by atoms with Crippen LogP contribution in [0.25, 0.3) is 0 Å². The smallest absolute Gasteiger partial charge is 0.340 e. The highest BCUT2D eigenvalue weighted by molar-refractivity contribution is 9.10. The van der Waals surface area contributed by atoms with Crippen LogP contribution in [0.3, 0.4) is 0 Å². The molecule has 2 aromatic rings. The highest BCUT2D eigenvalue weighted by Gasteiger charge is 2.08. The van der Waals surface area contributed by atoms with E-state index in [1.807, 2.05) is 24.3 Å². The molecular weight excluding hydrogens is 316 g/mol. The zero-order valence-corrected chi connectivity index (χ0v) is 11.1. The van der Waals surface area contributed by atoms with Gasteiger partial charge in [-0.1, -0.05) is 28.1 Å². The predicted molar refractivity (Wildman–Crippen MR) is 72.6 cm³/mol. The van der Waals surface area contributed by atoms with E-state index in [4.69, 9.17) is 5.73 Å². The third-order valence-electron chi connectivity index (χ3n) is 2.00. The maximum absolute atomic E-state index is 11.4. The second-order valence-corrected chi connectivity index (χ2v) is 4.29. The van der Waals surface area contributed by atoms with E-state index in [0.717, 1.165) is 10.0 Å². The van der Waals surface area contributed by atoms with E-state index < -0.39 is 6.03 Å². The molecule has 0 atom stereocenters. The van der Waals surface area contributed by atoms with E-state index in [2.05, 4.69) is 46.7 Å². The van der Waals surface area contributed by atoms with Crippen LogP contribution in [-0.4, -0.2) is 22.6 Å². The first-order chi connectivity index (χ1) is 9.15. The molecule has 19 heavy (non-hydrogen) atoms. The van der Waals surface area contributed by atoms with Gasteiger partial charge in [0, 0.05) is 4.47 Å². The first kappa shape index (κ1) is 13.0. The molecule has 0 spiro atoms. The molecule has 2 rings (SSSR count). The Bertz CT molecular complexity index is 594. The lowest BCUT2D eigenvalue weighted by atomic mass is 10.2. The molecule has 1 aromatic heterocycles. The maximum Gasteiger partial charge on any atom is 0.340 e. The van der Waals surface area contributed by atoms with Gasteiger partial charge in [0.05, 0.1) is 6.21 Å². The number of nitrogens with two attached hydrogens (primary N) is 1. The molecule has 2 amide bonds. The standard InChI is InChI=1S/C10H9BrN6O2/c11-7-3-1-6(2-4-7)5-13-15-10(18)14-9-8(12)16-19-17-9/h1-5H,(H2,12,16)(H2,14,15,17,18)/b13-5+. The molecule has 98 valence electrons. The molecule has 9 heteroatoms. The van der Waals surface area contributed by atoms with Gasteiger partial charge in [0.15, 0.2) is 0 Å². The Kier molecular flexibility index (Phi) is 4.08. The van der Waals surface area contributed by atoms with Gasteiger partial charge in [-0.3, -0.25) is 5.32 Å². The summed E-state index contributed by atoms with van der Waals surface area (Å²) >= 11 is 3.32.